The number of carbonyl (C=O) groups is 1. The van der Waals surface area contributed by atoms with Crippen LogP contribution in [0.2, 0.25) is 0 Å². The van der Waals surface area contributed by atoms with Crippen molar-refractivity contribution in [1.82, 2.24) is 20.0 Å². The smallest absolute Gasteiger partial charge is 0.262 e. The predicted molar refractivity (Wildman–Crippen MR) is 92.3 cm³/mol. The quantitative estimate of drug-likeness (QED) is 0.726. The van der Waals surface area contributed by atoms with E-state index in [2.05, 4.69) is 15.5 Å². The minimum atomic E-state index is -0.153. The average Bonchev–Trinajstić information content (AvgIpc) is 3.01. The molecule has 0 atom stereocenters. The fraction of sp³-hybridized carbons (Fsp3) is 0.529. The van der Waals surface area contributed by atoms with Crippen LogP contribution in [0.4, 0.5) is 0 Å². The Labute approximate surface area is 146 Å². The Kier molecular flexibility index (Phi) is 6.46. The third-order valence-electron chi connectivity index (χ3n) is 3.74. The van der Waals surface area contributed by atoms with Crippen LogP contribution in [-0.2, 0) is 16.0 Å². The highest BCUT2D eigenvalue weighted by molar-refractivity contribution is 5.76. The van der Waals surface area contributed by atoms with Crippen LogP contribution >= 0.6 is 0 Å². The van der Waals surface area contributed by atoms with Crippen molar-refractivity contribution in [3.05, 3.63) is 34.1 Å². The lowest BCUT2D eigenvalue weighted by molar-refractivity contribution is -0.121. The molecule has 25 heavy (non-hydrogen) atoms. The molecule has 0 fully saturated rings. The molecule has 0 unspecified atom stereocenters. The summed E-state index contributed by atoms with van der Waals surface area (Å²) in [7, 11) is 1.57. The van der Waals surface area contributed by atoms with E-state index in [1.165, 1.54) is 0 Å². The molecule has 0 aromatic carbocycles. The molecule has 2 aromatic rings. The monoisotopic (exact) mass is 348 g/mol. The van der Waals surface area contributed by atoms with E-state index in [1.807, 2.05) is 26.8 Å². The normalized spacial score (nSPS) is 11.1. The number of nitrogens with one attached hydrogen (secondary N) is 1. The van der Waals surface area contributed by atoms with E-state index < -0.39 is 0 Å². The van der Waals surface area contributed by atoms with Gasteiger partial charge in [-0.15, -0.1) is 0 Å². The van der Waals surface area contributed by atoms with Crippen LogP contribution in [0, 0.1) is 6.92 Å². The highest BCUT2D eigenvalue weighted by Crippen LogP contribution is 2.15. The number of aryl methyl sites for hydroxylation is 2. The van der Waals surface area contributed by atoms with Crippen molar-refractivity contribution < 1.29 is 14.1 Å². The van der Waals surface area contributed by atoms with Gasteiger partial charge in [-0.2, -0.15) is 4.98 Å². The van der Waals surface area contributed by atoms with Crippen molar-refractivity contribution in [2.45, 2.75) is 39.7 Å². The van der Waals surface area contributed by atoms with Gasteiger partial charge in [-0.3, -0.25) is 9.59 Å². The molecule has 8 heteroatoms. The van der Waals surface area contributed by atoms with Crippen molar-refractivity contribution in [2.24, 2.45) is 0 Å². The molecule has 1 N–H and O–H groups in total. The first kappa shape index (κ1) is 18.9. The minimum absolute atomic E-state index is 0.0367. The Morgan fingerprint density at radius 3 is 2.84 bits per heavy atom. The summed E-state index contributed by atoms with van der Waals surface area (Å²) in [5.41, 5.74) is 1.11. The third kappa shape index (κ3) is 4.76. The summed E-state index contributed by atoms with van der Waals surface area (Å²) in [6, 6.07) is 3.59. The van der Waals surface area contributed by atoms with E-state index in [0.717, 1.165) is 5.69 Å². The summed E-state index contributed by atoms with van der Waals surface area (Å²) >= 11 is 0. The van der Waals surface area contributed by atoms with E-state index in [9.17, 15) is 9.59 Å². The molecule has 0 aliphatic heterocycles. The van der Waals surface area contributed by atoms with E-state index in [4.69, 9.17) is 9.26 Å². The van der Waals surface area contributed by atoms with Crippen molar-refractivity contribution in [1.29, 1.82) is 0 Å². The van der Waals surface area contributed by atoms with E-state index in [-0.39, 0.29) is 29.8 Å². The number of aromatic nitrogens is 3. The third-order valence-corrected chi connectivity index (χ3v) is 3.74. The topological polar surface area (TPSA) is 99.2 Å². The number of nitrogens with zero attached hydrogens (tertiary/aromatic N) is 3. The van der Waals surface area contributed by atoms with Crippen molar-refractivity contribution in [3.63, 3.8) is 0 Å². The Morgan fingerprint density at radius 2 is 2.16 bits per heavy atom. The van der Waals surface area contributed by atoms with Gasteiger partial charge in [0.05, 0.1) is 12.2 Å². The molecule has 0 aliphatic rings. The number of amides is 1. The lowest BCUT2D eigenvalue weighted by Crippen LogP contribution is -2.27. The molecule has 2 aromatic heterocycles. The number of pyridine rings is 1. The lowest BCUT2D eigenvalue weighted by Gasteiger charge is -2.14. The second kappa shape index (κ2) is 8.57. The Bertz CT molecular complexity index is 779. The molecular formula is C17H24N4O4. The van der Waals surface area contributed by atoms with Gasteiger partial charge in [-0.1, -0.05) is 5.16 Å². The van der Waals surface area contributed by atoms with Crippen LogP contribution in [0.25, 0.3) is 11.4 Å². The van der Waals surface area contributed by atoms with Crippen molar-refractivity contribution >= 4 is 5.91 Å². The van der Waals surface area contributed by atoms with Gasteiger partial charge in [0, 0.05) is 38.2 Å². The van der Waals surface area contributed by atoms with Gasteiger partial charge in [-0.25, -0.2) is 0 Å². The summed E-state index contributed by atoms with van der Waals surface area (Å²) in [6.45, 7) is 6.70. The number of hydrogen-bond acceptors (Lipinski definition) is 6. The molecular weight excluding hydrogens is 324 g/mol. The maximum Gasteiger partial charge on any atom is 0.262 e. The first-order chi connectivity index (χ1) is 11.9. The van der Waals surface area contributed by atoms with Gasteiger partial charge in [0.2, 0.25) is 17.6 Å². The summed E-state index contributed by atoms with van der Waals surface area (Å²) in [4.78, 5) is 28.5. The summed E-state index contributed by atoms with van der Waals surface area (Å²) in [5, 5.41) is 6.60. The maximum atomic E-state index is 12.6. The molecule has 0 bridgehead atoms. The van der Waals surface area contributed by atoms with Gasteiger partial charge >= 0.3 is 0 Å². The van der Waals surface area contributed by atoms with Crippen LogP contribution in [0.1, 0.15) is 37.9 Å². The van der Waals surface area contributed by atoms with Crippen LogP contribution < -0.4 is 10.9 Å². The lowest BCUT2D eigenvalue weighted by atomic mass is 10.2. The summed E-state index contributed by atoms with van der Waals surface area (Å²) in [5.74, 6) is 0.455. The SMILES string of the molecule is COCCNC(=O)CCc1nc(-c2ccc(C)n(C(C)C)c2=O)no1. The van der Waals surface area contributed by atoms with Gasteiger partial charge in [0.25, 0.3) is 5.56 Å². The van der Waals surface area contributed by atoms with E-state index >= 15 is 0 Å². The van der Waals surface area contributed by atoms with Crippen molar-refractivity contribution in [2.75, 3.05) is 20.3 Å². The molecule has 2 rings (SSSR count). The molecule has 2 heterocycles. The fourth-order valence-electron chi connectivity index (χ4n) is 2.52. The second-order valence-electron chi connectivity index (χ2n) is 6.01. The fourth-order valence-corrected chi connectivity index (χ4v) is 2.52. The number of ether oxygens (including phenoxy) is 1. The van der Waals surface area contributed by atoms with Crippen LogP contribution in [0.15, 0.2) is 21.5 Å². The molecule has 0 saturated carbocycles. The van der Waals surface area contributed by atoms with Gasteiger partial charge in [0.1, 0.15) is 0 Å². The molecule has 1 amide bonds. The first-order valence-electron chi connectivity index (χ1n) is 8.24. The molecule has 0 saturated heterocycles. The maximum absolute atomic E-state index is 12.6. The highest BCUT2D eigenvalue weighted by atomic mass is 16.5. The number of methoxy groups -OCH3 is 1. The molecule has 0 aliphatic carbocycles. The largest absolute Gasteiger partial charge is 0.383 e. The van der Waals surface area contributed by atoms with Gasteiger partial charge in [-0.05, 0) is 32.9 Å². The van der Waals surface area contributed by atoms with E-state index in [1.54, 1.807) is 17.7 Å². The Hall–Kier alpha value is -2.48. The van der Waals surface area contributed by atoms with Crippen LogP contribution in [-0.4, -0.2) is 40.9 Å². The molecule has 8 nitrogen and oxygen atoms in total. The van der Waals surface area contributed by atoms with Gasteiger partial charge < -0.3 is 19.1 Å². The molecule has 136 valence electrons. The zero-order valence-electron chi connectivity index (χ0n) is 15.0. The van der Waals surface area contributed by atoms with E-state index in [0.29, 0.717) is 31.0 Å². The second-order valence-corrected chi connectivity index (χ2v) is 6.01. The standard InChI is InChI=1S/C17H24N4O4/c1-11(2)21-12(3)5-6-13(17(21)23)16-19-15(25-20-16)8-7-14(22)18-9-10-24-4/h5-6,11H,7-10H2,1-4H3,(H,18,22). The van der Waals surface area contributed by atoms with Crippen LogP contribution in [0.3, 0.4) is 0 Å². The summed E-state index contributed by atoms with van der Waals surface area (Å²) in [6.07, 6.45) is 0.547. The van der Waals surface area contributed by atoms with Crippen molar-refractivity contribution in [3.8, 4) is 11.4 Å². The Morgan fingerprint density at radius 1 is 1.40 bits per heavy atom. The number of rotatable bonds is 8. The zero-order valence-corrected chi connectivity index (χ0v) is 15.0. The average molecular weight is 348 g/mol. The van der Waals surface area contributed by atoms with Crippen LogP contribution in [0.5, 0.6) is 0 Å². The number of hydrogen-bond donors (Lipinski definition) is 1. The first-order valence-corrected chi connectivity index (χ1v) is 8.24. The number of carbonyl (C=O) groups excluding carboxylic acids is 1. The minimum Gasteiger partial charge on any atom is -0.383 e. The highest BCUT2D eigenvalue weighted by Gasteiger charge is 2.16. The Balaban J connectivity index is 2.08. The van der Waals surface area contributed by atoms with Gasteiger partial charge in [0.15, 0.2) is 0 Å². The molecule has 0 radical (unpaired) electrons. The zero-order chi connectivity index (χ0) is 18.4. The molecule has 0 spiro atoms. The predicted octanol–water partition coefficient (Wildman–Crippen LogP) is 1.48. The summed E-state index contributed by atoms with van der Waals surface area (Å²) < 4.78 is 11.7.